The van der Waals surface area contributed by atoms with Crippen LogP contribution in [0.15, 0.2) is 48.5 Å². The van der Waals surface area contributed by atoms with Crippen LogP contribution in [0.1, 0.15) is 20.9 Å². The minimum Gasteiger partial charge on any atom is -0.493 e. The molecule has 0 amide bonds. The zero-order valence-corrected chi connectivity index (χ0v) is 20.1. The molecule has 0 aliphatic carbocycles. The van der Waals surface area contributed by atoms with Crippen molar-refractivity contribution < 1.29 is 19.0 Å². The number of nitrogens with two attached hydrogens (primary N) is 1. The number of fused-ring (bicyclic) bond motifs is 2. The Balaban J connectivity index is 1.75. The lowest BCUT2D eigenvalue weighted by Crippen LogP contribution is -2.28. The van der Waals surface area contributed by atoms with Crippen molar-refractivity contribution in [2.24, 2.45) is 0 Å². The topological polar surface area (TPSA) is 86.9 Å². The maximum absolute atomic E-state index is 13.1. The molecule has 34 heavy (non-hydrogen) atoms. The fraction of sp³-hybridized carbons (Fsp3) is 0.231. The number of anilines is 1. The van der Waals surface area contributed by atoms with E-state index in [1.807, 2.05) is 36.4 Å². The molecule has 2 N–H and O–H groups in total. The van der Waals surface area contributed by atoms with Crippen molar-refractivity contribution in [3.8, 4) is 28.4 Å². The number of carbonyl (C=O) groups is 1. The van der Waals surface area contributed by atoms with Crippen molar-refractivity contribution >= 4 is 33.2 Å². The molecule has 0 unspecified atom stereocenters. The van der Waals surface area contributed by atoms with Crippen molar-refractivity contribution in [1.82, 2.24) is 9.88 Å². The molecule has 3 heterocycles. The molecule has 0 bridgehead atoms. The first kappa shape index (κ1) is 22.2. The molecule has 8 heteroatoms. The zero-order valence-electron chi connectivity index (χ0n) is 19.3. The van der Waals surface area contributed by atoms with Gasteiger partial charge in [0.15, 0.2) is 11.5 Å². The number of hydrogen-bond acceptors (Lipinski definition) is 8. The monoisotopic (exact) mass is 475 g/mol. The largest absolute Gasteiger partial charge is 0.493 e. The average Bonchev–Trinajstić information content (AvgIpc) is 3.18. The summed E-state index contributed by atoms with van der Waals surface area (Å²) < 4.78 is 16.9. The van der Waals surface area contributed by atoms with E-state index in [1.54, 1.807) is 26.4 Å². The number of pyridine rings is 1. The summed E-state index contributed by atoms with van der Waals surface area (Å²) in [5.74, 6) is 1.21. The number of aromatic nitrogens is 1. The van der Waals surface area contributed by atoms with Gasteiger partial charge in [0.05, 0.1) is 19.9 Å². The third kappa shape index (κ3) is 3.74. The van der Waals surface area contributed by atoms with Crippen molar-refractivity contribution in [3.05, 3.63) is 64.7 Å². The highest BCUT2D eigenvalue weighted by atomic mass is 32.1. The Morgan fingerprint density at radius 1 is 1.09 bits per heavy atom. The first-order valence-electron chi connectivity index (χ1n) is 10.9. The van der Waals surface area contributed by atoms with Crippen LogP contribution in [0, 0.1) is 0 Å². The van der Waals surface area contributed by atoms with Gasteiger partial charge in [-0.1, -0.05) is 30.3 Å². The second-order valence-electron chi connectivity index (χ2n) is 8.17. The number of nitrogen functional groups attached to an aromatic ring is 1. The number of methoxy groups -OCH3 is 2. The molecule has 0 saturated heterocycles. The molecule has 0 atom stereocenters. The van der Waals surface area contributed by atoms with Gasteiger partial charge in [0.25, 0.3) is 0 Å². The summed E-state index contributed by atoms with van der Waals surface area (Å²) in [4.78, 5) is 21.3. The molecule has 174 valence electrons. The lowest BCUT2D eigenvalue weighted by Gasteiger charge is -2.27. The van der Waals surface area contributed by atoms with Crippen LogP contribution in [0.4, 0.5) is 5.69 Å². The lowest BCUT2D eigenvalue weighted by molar-refractivity contribution is 0.0741. The molecule has 1 aliphatic heterocycles. The van der Waals surface area contributed by atoms with E-state index in [0.717, 1.165) is 40.7 Å². The Bertz CT molecular complexity index is 1380. The summed E-state index contributed by atoms with van der Waals surface area (Å²) in [5.41, 5.74) is 10.9. The fourth-order valence-corrected chi connectivity index (χ4v) is 5.43. The first-order chi connectivity index (χ1) is 16.5. The number of nitrogens with zero attached hydrogens (tertiary/aromatic N) is 2. The number of rotatable bonds is 5. The maximum Gasteiger partial charge on any atom is 0.355 e. The van der Waals surface area contributed by atoms with Gasteiger partial charge in [-0.25, -0.2) is 9.78 Å². The van der Waals surface area contributed by atoms with Gasteiger partial charge in [0, 0.05) is 41.7 Å². The number of ether oxygens (including phenoxy) is 3. The highest BCUT2D eigenvalue weighted by molar-refractivity contribution is 7.21. The van der Waals surface area contributed by atoms with E-state index in [-0.39, 0.29) is 0 Å². The Kier molecular flexibility index (Phi) is 5.85. The summed E-state index contributed by atoms with van der Waals surface area (Å²) >= 11 is 1.26. The van der Waals surface area contributed by atoms with Crippen molar-refractivity contribution in [2.45, 2.75) is 13.0 Å². The van der Waals surface area contributed by atoms with Gasteiger partial charge in [-0.2, -0.15) is 0 Å². The van der Waals surface area contributed by atoms with Gasteiger partial charge in [-0.3, -0.25) is 0 Å². The molecular weight excluding hydrogens is 450 g/mol. The molecule has 0 spiro atoms. The SMILES string of the molecule is COc1cccc(-c2c3c(nc4sc(C(=O)Oc5ccccc5)c(N)c24)CCN(C)C3)c1OC. The summed E-state index contributed by atoms with van der Waals surface area (Å²) in [6.45, 7) is 1.62. The van der Waals surface area contributed by atoms with Crippen LogP contribution in [0.5, 0.6) is 17.2 Å². The number of carbonyl (C=O) groups excluding carboxylic acids is 1. The first-order valence-corrected chi connectivity index (χ1v) is 11.7. The van der Waals surface area contributed by atoms with E-state index in [4.69, 9.17) is 24.9 Å². The molecule has 2 aromatic heterocycles. The minimum atomic E-state index is -0.495. The number of likely N-dealkylation sites (N-methyl/N-ethyl adjacent to an activating group) is 1. The van der Waals surface area contributed by atoms with E-state index in [2.05, 4.69) is 11.9 Å². The van der Waals surface area contributed by atoms with E-state index in [1.165, 1.54) is 11.3 Å². The van der Waals surface area contributed by atoms with Gasteiger partial charge >= 0.3 is 5.97 Å². The van der Waals surface area contributed by atoms with Crippen LogP contribution in [0.2, 0.25) is 0 Å². The van der Waals surface area contributed by atoms with Gasteiger partial charge in [-0.15, -0.1) is 11.3 Å². The minimum absolute atomic E-state index is 0.338. The van der Waals surface area contributed by atoms with Crippen molar-refractivity contribution in [2.75, 3.05) is 33.5 Å². The van der Waals surface area contributed by atoms with Crippen LogP contribution in [-0.2, 0) is 13.0 Å². The Labute approximate surface area is 201 Å². The van der Waals surface area contributed by atoms with E-state index >= 15 is 0 Å². The van der Waals surface area contributed by atoms with Gasteiger partial charge in [0.1, 0.15) is 15.5 Å². The normalized spacial score (nSPS) is 13.5. The van der Waals surface area contributed by atoms with Crippen LogP contribution in [0.25, 0.3) is 21.3 Å². The summed E-state index contributed by atoms with van der Waals surface area (Å²) in [5, 5.41) is 0.741. The van der Waals surface area contributed by atoms with Crippen LogP contribution < -0.4 is 19.9 Å². The number of hydrogen-bond donors (Lipinski definition) is 1. The molecule has 2 aromatic carbocycles. The van der Waals surface area contributed by atoms with E-state index < -0.39 is 5.97 Å². The quantitative estimate of drug-likeness (QED) is 0.329. The second kappa shape index (κ2) is 8.96. The van der Waals surface area contributed by atoms with Gasteiger partial charge < -0.3 is 24.8 Å². The number of benzene rings is 2. The van der Waals surface area contributed by atoms with Crippen LogP contribution in [0.3, 0.4) is 0 Å². The number of para-hydroxylation sites is 2. The summed E-state index contributed by atoms with van der Waals surface area (Å²) in [6, 6.07) is 14.7. The van der Waals surface area contributed by atoms with E-state index in [0.29, 0.717) is 39.2 Å². The number of esters is 1. The molecule has 0 saturated carbocycles. The van der Waals surface area contributed by atoms with E-state index in [9.17, 15) is 4.79 Å². The number of thiophene rings is 1. The highest BCUT2D eigenvalue weighted by Gasteiger charge is 2.29. The Morgan fingerprint density at radius 2 is 1.88 bits per heavy atom. The molecule has 1 aliphatic rings. The van der Waals surface area contributed by atoms with Crippen molar-refractivity contribution in [3.63, 3.8) is 0 Å². The maximum atomic E-state index is 13.1. The molecule has 5 rings (SSSR count). The molecule has 4 aromatic rings. The smallest absolute Gasteiger partial charge is 0.355 e. The predicted molar refractivity (Wildman–Crippen MR) is 134 cm³/mol. The fourth-order valence-electron chi connectivity index (χ4n) is 4.43. The van der Waals surface area contributed by atoms with Crippen LogP contribution in [-0.4, -0.2) is 43.7 Å². The Morgan fingerprint density at radius 3 is 2.62 bits per heavy atom. The van der Waals surface area contributed by atoms with Gasteiger partial charge in [0.2, 0.25) is 0 Å². The summed E-state index contributed by atoms with van der Waals surface area (Å²) in [6.07, 6.45) is 0.808. The highest BCUT2D eigenvalue weighted by Crippen LogP contribution is 2.48. The molecule has 0 fully saturated rings. The molecule has 7 nitrogen and oxygen atoms in total. The zero-order chi connectivity index (χ0) is 23.8. The molecule has 0 radical (unpaired) electrons. The lowest BCUT2D eigenvalue weighted by atomic mass is 9.91. The summed E-state index contributed by atoms with van der Waals surface area (Å²) in [7, 11) is 5.32. The van der Waals surface area contributed by atoms with Gasteiger partial charge in [-0.05, 0) is 30.8 Å². The predicted octanol–water partition coefficient (Wildman–Crippen LogP) is 4.77. The van der Waals surface area contributed by atoms with Crippen molar-refractivity contribution in [1.29, 1.82) is 0 Å². The second-order valence-corrected chi connectivity index (χ2v) is 9.17. The average molecular weight is 476 g/mol. The molecular formula is C26H25N3O4S. The standard InChI is InChI=1S/C26H25N3O4S/c1-29-13-12-18-17(14-29)20(16-10-7-11-19(31-2)23(16)32-3)21-22(27)24(34-25(21)28-18)26(30)33-15-8-5-4-6-9-15/h4-11H,12-14,27H2,1-3H3. The van der Waals surface area contributed by atoms with Crippen LogP contribution >= 0.6 is 11.3 Å². The Hall–Kier alpha value is -3.62. The third-order valence-corrected chi connectivity index (χ3v) is 7.11. The third-order valence-electron chi connectivity index (χ3n) is 6.03.